The second-order valence-electron chi connectivity index (χ2n) is 5.38. The molecule has 1 aromatic carbocycles. The van der Waals surface area contributed by atoms with Crippen LogP contribution in [0.25, 0.3) is 0 Å². The van der Waals surface area contributed by atoms with Crippen molar-refractivity contribution in [2.45, 2.75) is 12.8 Å². The Morgan fingerprint density at radius 3 is 2.68 bits per heavy atom. The van der Waals surface area contributed by atoms with E-state index in [1.165, 1.54) is 11.3 Å². The van der Waals surface area contributed by atoms with Crippen LogP contribution in [0, 0.1) is 5.92 Å². The van der Waals surface area contributed by atoms with Crippen molar-refractivity contribution >= 4 is 0 Å². The van der Waals surface area contributed by atoms with Gasteiger partial charge >= 0.3 is 0 Å². The van der Waals surface area contributed by atoms with Gasteiger partial charge in [-0.25, -0.2) is 0 Å². The van der Waals surface area contributed by atoms with E-state index in [9.17, 15) is 0 Å². The Morgan fingerprint density at radius 2 is 1.89 bits per heavy atom. The van der Waals surface area contributed by atoms with Gasteiger partial charge in [0.25, 0.3) is 0 Å². The molecule has 19 heavy (non-hydrogen) atoms. The molecule has 0 amide bonds. The number of hydrogen-bond acceptors (Lipinski definition) is 2. The Kier molecular flexibility index (Phi) is 3.99. The largest absolute Gasteiger partial charge is 0.372 e. The maximum atomic E-state index is 3.42. The van der Waals surface area contributed by atoms with Crippen molar-refractivity contribution in [3.63, 3.8) is 0 Å². The predicted molar refractivity (Wildman–Crippen MR) is 79.9 cm³/mol. The summed E-state index contributed by atoms with van der Waals surface area (Å²) in [5, 5.41) is 3.42. The van der Waals surface area contributed by atoms with Gasteiger partial charge in [-0.1, -0.05) is 48.6 Å². The maximum absolute atomic E-state index is 3.42. The van der Waals surface area contributed by atoms with Crippen molar-refractivity contribution in [2.24, 2.45) is 5.92 Å². The van der Waals surface area contributed by atoms with Crippen molar-refractivity contribution < 1.29 is 0 Å². The lowest BCUT2D eigenvalue weighted by molar-refractivity contribution is 0.291. The van der Waals surface area contributed by atoms with Crippen molar-refractivity contribution in [3.8, 4) is 0 Å². The summed E-state index contributed by atoms with van der Waals surface area (Å²) in [5.41, 5.74) is 2.94. The van der Waals surface area contributed by atoms with Gasteiger partial charge < -0.3 is 10.2 Å². The van der Waals surface area contributed by atoms with Crippen LogP contribution in [0.3, 0.4) is 0 Å². The molecule has 0 aromatic heterocycles. The smallest absolute Gasteiger partial charge is 0.0300 e. The highest BCUT2D eigenvalue weighted by Gasteiger charge is 2.16. The molecule has 1 saturated heterocycles. The molecule has 0 saturated carbocycles. The SMILES string of the molecule is C1=CC(Cc2ccccc2)C=C(N2CCNCC2)C1. The predicted octanol–water partition coefficient (Wildman–Crippen LogP) is 2.59. The number of piperazine rings is 1. The zero-order chi connectivity index (χ0) is 12.9. The lowest BCUT2D eigenvalue weighted by atomic mass is 9.93. The Morgan fingerprint density at radius 1 is 1.11 bits per heavy atom. The molecule has 1 heterocycles. The lowest BCUT2D eigenvalue weighted by Gasteiger charge is -2.33. The van der Waals surface area contributed by atoms with E-state index < -0.39 is 0 Å². The first-order valence-corrected chi connectivity index (χ1v) is 7.29. The number of nitrogens with one attached hydrogen (secondary N) is 1. The Hall–Kier alpha value is -1.54. The van der Waals surface area contributed by atoms with Crippen LogP contribution in [0.2, 0.25) is 0 Å². The van der Waals surface area contributed by atoms with Gasteiger partial charge in [-0.3, -0.25) is 0 Å². The fourth-order valence-electron chi connectivity index (χ4n) is 2.93. The second kappa shape index (κ2) is 6.07. The molecule has 2 heteroatoms. The minimum absolute atomic E-state index is 0.557. The standard InChI is InChI=1S/C17H22N2/c1-2-5-15(6-3-1)13-16-7-4-8-17(14-16)19-11-9-18-10-12-19/h1-7,14,16,18H,8-13H2. The molecule has 1 unspecified atom stereocenters. The number of nitrogens with zero attached hydrogens (tertiary/aromatic N) is 1. The van der Waals surface area contributed by atoms with Crippen LogP contribution in [0.1, 0.15) is 12.0 Å². The first kappa shape index (κ1) is 12.5. The van der Waals surface area contributed by atoms with Crippen LogP contribution in [-0.2, 0) is 6.42 Å². The molecular weight excluding hydrogens is 232 g/mol. The van der Waals surface area contributed by atoms with Crippen LogP contribution in [0.4, 0.5) is 0 Å². The summed E-state index contributed by atoms with van der Waals surface area (Å²) < 4.78 is 0. The molecule has 1 aliphatic carbocycles. The first-order valence-electron chi connectivity index (χ1n) is 7.29. The molecule has 1 aromatic rings. The Bertz CT molecular complexity index is 455. The highest BCUT2D eigenvalue weighted by Crippen LogP contribution is 2.23. The zero-order valence-corrected chi connectivity index (χ0v) is 11.4. The molecule has 1 aliphatic heterocycles. The van der Waals surface area contributed by atoms with Gasteiger partial charge in [-0.05, 0) is 12.0 Å². The van der Waals surface area contributed by atoms with E-state index in [0.29, 0.717) is 5.92 Å². The van der Waals surface area contributed by atoms with Gasteiger partial charge in [-0.2, -0.15) is 0 Å². The van der Waals surface area contributed by atoms with E-state index in [-0.39, 0.29) is 0 Å². The van der Waals surface area contributed by atoms with Gasteiger partial charge in [0.05, 0.1) is 0 Å². The third-order valence-corrected chi connectivity index (χ3v) is 3.95. The van der Waals surface area contributed by atoms with E-state index >= 15 is 0 Å². The highest BCUT2D eigenvalue weighted by molar-refractivity contribution is 5.23. The monoisotopic (exact) mass is 254 g/mol. The number of hydrogen-bond donors (Lipinski definition) is 1. The van der Waals surface area contributed by atoms with E-state index in [1.54, 1.807) is 0 Å². The van der Waals surface area contributed by atoms with Crippen molar-refractivity contribution in [1.82, 2.24) is 10.2 Å². The van der Waals surface area contributed by atoms with Gasteiger partial charge in [0, 0.05) is 44.2 Å². The van der Waals surface area contributed by atoms with Crippen molar-refractivity contribution in [1.29, 1.82) is 0 Å². The molecule has 1 atom stereocenters. The molecule has 0 radical (unpaired) electrons. The van der Waals surface area contributed by atoms with Gasteiger partial charge in [-0.15, -0.1) is 0 Å². The average Bonchev–Trinajstić information content (AvgIpc) is 2.49. The summed E-state index contributed by atoms with van der Waals surface area (Å²) in [4.78, 5) is 2.54. The Balaban J connectivity index is 1.67. The number of allylic oxidation sites excluding steroid dienone is 3. The topological polar surface area (TPSA) is 15.3 Å². The molecule has 2 aliphatic rings. The fourth-order valence-corrected chi connectivity index (χ4v) is 2.93. The highest BCUT2D eigenvalue weighted by atomic mass is 15.2. The third-order valence-electron chi connectivity index (χ3n) is 3.95. The van der Waals surface area contributed by atoms with Crippen LogP contribution in [0.5, 0.6) is 0 Å². The summed E-state index contributed by atoms with van der Waals surface area (Å²) in [5.74, 6) is 0.557. The summed E-state index contributed by atoms with van der Waals surface area (Å²) >= 11 is 0. The first-order chi connectivity index (χ1) is 9.42. The number of rotatable bonds is 3. The lowest BCUT2D eigenvalue weighted by Crippen LogP contribution is -2.43. The molecule has 0 spiro atoms. The van der Waals surface area contributed by atoms with Gasteiger partial charge in [0.1, 0.15) is 0 Å². The number of benzene rings is 1. The molecule has 100 valence electrons. The van der Waals surface area contributed by atoms with Gasteiger partial charge in [0.2, 0.25) is 0 Å². The fraction of sp³-hybridized carbons (Fsp3) is 0.412. The second-order valence-corrected chi connectivity index (χ2v) is 5.38. The van der Waals surface area contributed by atoms with Crippen LogP contribution in [-0.4, -0.2) is 31.1 Å². The van der Waals surface area contributed by atoms with E-state index in [2.05, 4.69) is 58.8 Å². The summed E-state index contributed by atoms with van der Waals surface area (Å²) in [6.07, 6.45) is 9.39. The molecule has 3 rings (SSSR count). The van der Waals surface area contributed by atoms with Crippen LogP contribution < -0.4 is 5.32 Å². The average molecular weight is 254 g/mol. The molecule has 1 fully saturated rings. The quantitative estimate of drug-likeness (QED) is 0.834. The third kappa shape index (κ3) is 3.27. The minimum Gasteiger partial charge on any atom is -0.372 e. The molecule has 1 N–H and O–H groups in total. The molecule has 0 bridgehead atoms. The summed E-state index contributed by atoms with van der Waals surface area (Å²) in [6.45, 7) is 4.53. The van der Waals surface area contributed by atoms with Gasteiger partial charge in [0.15, 0.2) is 0 Å². The van der Waals surface area contributed by atoms with Crippen molar-refractivity contribution in [3.05, 3.63) is 59.8 Å². The maximum Gasteiger partial charge on any atom is 0.0300 e. The van der Waals surface area contributed by atoms with Crippen LogP contribution >= 0.6 is 0 Å². The minimum atomic E-state index is 0.557. The summed E-state index contributed by atoms with van der Waals surface area (Å²) in [6, 6.07) is 10.8. The van der Waals surface area contributed by atoms with Crippen molar-refractivity contribution in [2.75, 3.05) is 26.2 Å². The normalized spacial score (nSPS) is 23.3. The molecule has 2 nitrogen and oxygen atoms in total. The molecular formula is C17H22N2. The zero-order valence-electron chi connectivity index (χ0n) is 11.4. The van der Waals surface area contributed by atoms with E-state index in [4.69, 9.17) is 0 Å². The van der Waals surface area contributed by atoms with Crippen LogP contribution in [0.15, 0.2) is 54.3 Å². The van der Waals surface area contributed by atoms with E-state index in [0.717, 1.165) is 39.0 Å². The van der Waals surface area contributed by atoms with E-state index in [1.807, 2.05) is 0 Å². The summed E-state index contributed by atoms with van der Waals surface area (Å²) in [7, 11) is 0. The Labute approximate surface area is 115 Å².